The van der Waals surface area contributed by atoms with E-state index in [4.69, 9.17) is 19.0 Å². The van der Waals surface area contributed by atoms with Gasteiger partial charge in [-0.2, -0.15) is 0 Å². The molecule has 1 unspecified atom stereocenters. The Kier molecular flexibility index (Phi) is 6.03. The van der Waals surface area contributed by atoms with Gasteiger partial charge in [0.2, 0.25) is 0 Å². The molecule has 0 amide bonds. The highest BCUT2D eigenvalue weighted by molar-refractivity contribution is 7.32. The number of cyclic esters (lactones) is 1. The van der Waals surface area contributed by atoms with Gasteiger partial charge in [0.05, 0.1) is 36.1 Å². The molecule has 184 valence electrons. The maximum atomic E-state index is 13.6. The highest BCUT2D eigenvalue weighted by atomic mass is 31.1. The number of carbonyl (C=O) groups is 1. The van der Waals surface area contributed by atoms with Crippen LogP contribution >= 0.6 is 8.25 Å². The second-order valence-electron chi connectivity index (χ2n) is 8.87. The van der Waals surface area contributed by atoms with Crippen molar-refractivity contribution < 1.29 is 28.3 Å². The molecule has 2 aliphatic heterocycles. The van der Waals surface area contributed by atoms with Gasteiger partial charge in [-0.15, -0.1) is 0 Å². The number of fused-ring (bicyclic) bond motifs is 5. The lowest BCUT2D eigenvalue weighted by Crippen LogP contribution is -2.45. The maximum Gasteiger partial charge on any atom is 0.344 e. The molecule has 1 N–H and O–H groups in total. The fraction of sp³-hybridized carbons (Fsp3) is 0.400. The molecule has 3 aromatic rings. The molecular formula is C25H27N2O7P. The Morgan fingerprint density at radius 2 is 2.03 bits per heavy atom. The predicted octanol–water partition coefficient (Wildman–Crippen LogP) is 3.84. The van der Waals surface area contributed by atoms with Crippen LogP contribution in [-0.2, 0) is 43.8 Å². The third-order valence-electron chi connectivity index (χ3n) is 6.95. The summed E-state index contributed by atoms with van der Waals surface area (Å²) in [6.45, 7) is 3.83. The Labute approximate surface area is 202 Å². The average molecular weight is 498 g/mol. The van der Waals surface area contributed by atoms with Gasteiger partial charge in [-0.1, -0.05) is 26.3 Å². The number of hydrogen-bond donors (Lipinski definition) is 1. The minimum absolute atomic E-state index is 0.0283. The summed E-state index contributed by atoms with van der Waals surface area (Å²) in [5.74, 6) is -0.124. The summed E-state index contributed by atoms with van der Waals surface area (Å²) in [5, 5.41) is 0.883. The van der Waals surface area contributed by atoms with E-state index in [0.29, 0.717) is 17.1 Å². The van der Waals surface area contributed by atoms with Gasteiger partial charge in [-0.05, 0) is 43.0 Å². The monoisotopic (exact) mass is 498 g/mol. The fourth-order valence-electron chi connectivity index (χ4n) is 5.17. The number of aryl methyl sites for hydroxylation is 1. The molecule has 10 heteroatoms. The zero-order valence-corrected chi connectivity index (χ0v) is 20.8. The van der Waals surface area contributed by atoms with Gasteiger partial charge < -0.3 is 18.9 Å². The number of rotatable bonds is 7. The molecule has 0 bridgehead atoms. The van der Waals surface area contributed by atoms with Crippen LogP contribution in [0, 0.1) is 0 Å². The van der Waals surface area contributed by atoms with E-state index in [-0.39, 0.29) is 36.3 Å². The minimum atomic E-state index is -3.51. The number of hydrogen-bond acceptors (Lipinski definition) is 7. The van der Waals surface area contributed by atoms with Gasteiger partial charge in [0.1, 0.15) is 12.4 Å². The van der Waals surface area contributed by atoms with E-state index in [9.17, 15) is 19.0 Å². The molecule has 5 rings (SSSR count). The van der Waals surface area contributed by atoms with Crippen LogP contribution in [0.2, 0.25) is 0 Å². The first-order valence-corrected chi connectivity index (χ1v) is 13.0. The number of benzene rings is 1. The van der Waals surface area contributed by atoms with E-state index in [0.717, 1.165) is 35.7 Å². The van der Waals surface area contributed by atoms with Gasteiger partial charge in [0.25, 0.3) is 5.56 Å². The van der Waals surface area contributed by atoms with Crippen molar-refractivity contribution in [3.8, 4) is 17.1 Å². The lowest BCUT2D eigenvalue weighted by atomic mass is 9.86. The summed E-state index contributed by atoms with van der Waals surface area (Å²) in [6, 6.07) is 7.77. The zero-order valence-electron chi connectivity index (χ0n) is 19.8. The lowest BCUT2D eigenvalue weighted by Gasteiger charge is -2.34. The Morgan fingerprint density at radius 1 is 1.23 bits per heavy atom. The number of nitrogens with zero attached hydrogens (tertiary/aromatic N) is 2. The van der Waals surface area contributed by atoms with Gasteiger partial charge in [0, 0.05) is 16.5 Å². The van der Waals surface area contributed by atoms with Crippen molar-refractivity contribution in [1.29, 1.82) is 0 Å². The SMILES string of the molecule is CCCCc1ccc2nc3c(c(OC)c2c1)Cn1c-3cc2c(c1=O)COC(=O)[C@@]2(CC)O[PH](=O)O. The molecule has 2 atom stereocenters. The standard InChI is InChI=1S/C25H27N2O7P/c1-4-6-7-14-8-9-19-15(10-14)22(32-3)16-12-27-20(21(16)26-19)11-18-17(23(27)28)13-33-24(29)25(18,5-2)34-35(30)31/h8-11,35H,4-7,12-13H2,1-3H3,(H,30,31)/t25-/m0/s1. The van der Waals surface area contributed by atoms with Crippen LogP contribution in [-0.4, -0.2) is 27.5 Å². The second kappa shape index (κ2) is 8.90. The Bertz CT molecular complexity index is 1450. The summed E-state index contributed by atoms with van der Waals surface area (Å²) in [5.41, 5.74) is 2.10. The quantitative estimate of drug-likeness (QED) is 0.302. The molecule has 1 aromatic carbocycles. The number of esters is 1. The van der Waals surface area contributed by atoms with Crippen LogP contribution in [0.15, 0.2) is 29.1 Å². The van der Waals surface area contributed by atoms with Crippen LogP contribution < -0.4 is 10.3 Å². The predicted molar refractivity (Wildman–Crippen MR) is 130 cm³/mol. The summed E-state index contributed by atoms with van der Waals surface area (Å²) in [4.78, 5) is 40.7. The third-order valence-corrected chi connectivity index (χ3v) is 7.47. The van der Waals surface area contributed by atoms with E-state index in [1.807, 2.05) is 6.07 Å². The van der Waals surface area contributed by atoms with Crippen LogP contribution in [0.5, 0.6) is 5.75 Å². The van der Waals surface area contributed by atoms with E-state index in [1.54, 1.807) is 24.7 Å². The summed E-state index contributed by atoms with van der Waals surface area (Å²) in [6.07, 6.45) is 3.17. The molecule has 0 radical (unpaired) electrons. The second-order valence-corrected chi connectivity index (χ2v) is 9.60. The largest absolute Gasteiger partial charge is 0.496 e. The van der Waals surface area contributed by atoms with Crippen molar-refractivity contribution in [3.05, 3.63) is 56.9 Å². The molecule has 35 heavy (non-hydrogen) atoms. The molecule has 0 fully saturated rings. The molecule has 0 aliphatic carbocycles. The Morgan fingerprint density at radius 3 is 2.71 bits per heavy atom. The summed E-state index contributed by atoms with van der Waals surface area (Å²) >= 11 is 0. The highest BCUT2D eigenvalue weighted by Gasteiger charge is 2.49. The van der Waals surface area contributed by atoms with Crippen LogP contribution in [0.1, 0.15) is 55.4 Å². The van der Waals surface area contributed by atoms with Crippen molar-refractivity contribution in [1.82, 2.24) is 9.55 Å². The van der Waals surface area contributed by atoms with Crippen molar-refractivity contribution in [2.24, 2.45) is 0 Å². The number of carbonyl (C=O) groups excluding carboxylic acids is 1. The third kappa shape index (κ3) is 3.61. The average Bonchev–Trinajstić information content (AvgIpc) is 3.21. The van der Waals surface area contributed by atoms with Gasteiger partial charge in [0.15, 0.2) is 5.60 Å². The van der Waals surface area contributed by atoms with Crippen molar-refractivity contribution in [3.63, 3.8) is 0 Å². The van der Waals surface area contributed by atoms with Crippen molar-refractivity contribution in [2.75, 3.05) is 7.11 Å². The Balaban J connectivity index is 1.74. The van der Waals surface area contributed by atoms with Crippen LogP contribution in [0.4, 0.5) is 0 Å². The molecule has 2 aliphatic rings. The number of aromatic nitrogens is 2. The van der Waals surface area contributed by atoms with E-state index >= 15 is 0 Å². The Hall–Kier alpha value is -3.00. The first kappa shape index (κ1) is 23.7. The van der Waals surface area contributed by atoms with E-state index in [1.165, 1.54) is 5.56 Å². The maximum absolute atomic E-state index is 13.6. The molecule has 0 saturated carbocycles. The molecule has 9 nitrogen and oxygen atoms in total. The first-order chi connectivity index (χ1) is 16.8. The highest BCUT2D eigenvalue weighted by Crippen LogP contribution is 2.46. The zero-order chi connectivity index (χ0) is 24.9. The summed E-state index contributed by atoms with van der Waals surface area (Å²) in [7, 11) is -1.91. The number of unbranched alkanes of at least 4 members (excludes halogenated alkanes) is 1. The fourth-order valence-corrected chi connectivity index (χ4v) is 5.80. The normalized spacial score (nSPS) is 19.1. The molecular weight excluding hydrogens is 471 g/mol. The van der Waals surface area contributed by atoms with Crippen molar-refractivity contribution >= 4 is 25.1 Å². The van der Waals surface area contributed by atoms with Gasteiger partial charge in [-0.3, -0.25) is 13.9 Å². The van der Waals surface area contributed by atoms with Crippen LogP contribution in [0.25, 0.3) is 22.3 Å². The van der Waals surface area contributed by atoms with Crippen LogP contribution in [0.3, 0.4) is 0 Å². The lowest BCUT2D eigenvalue weighted by molar-refractivity contribution is -0.169. The minimum Gasteiger partial charge on any atom is -0.496 e. The summed E-state index contributed by atoms with van der Waals surface area (Å²) < 4.78 is 29.6. The molecule has 4 heterocycles. The van der Waals surface area contributed by atoms with E-state index < -0.39 is 19.8 Å². The molecule has 0 saturated heterocycles. The van der Waals surface area contributed by atoms with E-state index in [2.05, 4.69) is 19.1 Å². The first-order valence-electron chi connectivity index (χ1n) is 11.7. The number of pyridine rings is 2. The van der Waals surface area contributed by atoms with Gasteiger partial charge in [-0.25, -0.2) is 9.78 Å². The topological polar surface area (TPSA) is 117 Å². The number of ether oxygens (including phenoxy) is 2. The number of methoxy groups -OCH3 is 1. The smallest absolute Gasteiger partial charge is 0.344 e. The van der Waals surface area contributed by atoms with Gasteiger partial charge >= 0.3 is 14.2 Å². The van der Waals surface area contributed by atoms with Crippen molar-refractivity contribution in [2.45, 2.75) is 58.3 Å². The molecule has 2 aromatic heterocycles. The molecule has 0 spiro atoms.